The molecular weight excluding hydrogens is 174 g/mol. The highest BCUT2D eigenvalue weighted by molar-refractivity contribution is 6.20. The average molecular weight is 194 g/mol. The van der Waals surface area contributed by atoms with Crippen LogP contribution in [0.2, 0.25) is 0 Å². The number of methoxy groups -OCH3 is 1. The predicted octanol–water partition coefficient (Wildman–Crippen LogP) is 2.02. The van der Waals surface area contributed by atoms with E-state index in [1.807, 2.05) is 6.92 Å². The van der Waals surface area contributed by atoms with E-state index in [4.69, 9.17) is 16.3 Å². The van der Waals surface area contributed by atoms with Crippen molar-refractivity contribution in [3.63, 3.8) is 0 Å². The number of ether oxygens (including phenoxy) is 1. The number of nitrogens with one attached hydrogen (secondary N) is 1. The highest BCUT2D eigenvalue weighted by Crippen LogP contribution is 2.02. The first-order chi connectivity index (χ1) is 5.66. The van der Waals surface area contributed by atoms with E-state index in [-0.39, 0.29) is 0 Å². The zero-order chi connectivity index (χ0) is 9.40. The molecule has 0 saturated carbocycles. The molecule has 0 bridgehead atoms. The molecule has 2 atom stereocenters. The van der Waals surface area contributed by atoms with Crippen LogP contribution in [0.1, 0.15) is 26.7 Å². The fourth-order valence-electron chi connectivity index (χ4n) is 1.04. The number of alkyl halides is 1. The minimum Gasteiger partial charge on any atom is -0.383 e. The Morgan fingerprint density at radius 2 is 2.08 bits per heavy atom. The topological polar surface area (TPSA) is 21.3 Å². The molecule has 0 aromatic heterocycles. The third kappa shape index (κ3) is 8.31. The quantitative estimate of drug-likeness (QED) is 0.494. The van der Waals surface area contributed by atoms with Crippen molar-refractivity contribution in [1.29, 1.82) is 0 Å². The monoisotopic (exact) mass is 193 g/mol. The molecule has 0 heterocycles. The lowest BCUT2D eigenvalue weighted by molar-refractivity contribution is 0.172. The van der Waals surface area contributed by atoms with Crippen LogP contribution in [0.25, 0.3) is 0 Å². The van der Waals surface area contributed by atoms with Crippen molar-refractivity contribution >= 4 is 11.6 Å². The molecule has 0 aliphatic heterocycles. The summed E-state index contributed by atoms with van der Waals surface area (Å²) < 4.78 is 4.99. The first-order valence-electron chi connectivity index (χ1n) is 4.53. The number of hydrogen-bond donors (Lipinski definition) is 1. The second-order valence-electron chi connectivity index (χ2n) is 3.23. The maximum Gasteiger partial charge on any atom is 0.0613 e. The summed E-state index contributed by atoms with van der Waals surface area (Å²) in [5, 5.41) is 3.65. The summed E-state index contributed by atoms with van der Waals surface area (Å²) >= 11 is 5.80. The summed E-state index contributed by atoms with van der Waals surface area (Å²) in [6.07, 6.45) is 2.22. The molecule has 12 heavy (non-hydrogen) atoms. The Morgan fingerprint density at radius 1 is 1.42 bits per heavy atom. The van der Waals surface area contributed by atoms with Crippen LogP contribution in [0.15, 0.2) is 0 Å². The lowest BCUT2D eigenvalue weighted by atomic mass is 10.2. The van der Waals surface area contributed by atoms with E-state index < -0.39 is 0 Å². The molecule has 3 heteroatoms. The van der Waals surface area contributed by atoms with Crippen LogP contribution in [0.4, 0.5) is 0 Å². The Morgan fingerprint density at radius 3 is 2.58 bits per heavy atom. The summed E-state index contributed by atoms with van der Waals surface area (Å²) in [6.45, 7) is 5.95. The molecule has 0 amide bonds. The van der Waals surface area contributed by atoms with E-state index in [1.165, 1.54) is 0 Å². The van der Waals surface area contributed by atoms with Crippen molar-refractivity contribution in [2.75, 3.05) is 20.3 Å². The second kappa shape index (κ2) is 7.84. The fourth-order valence-corrected chi connectivity index (χ4v) is 1.20. The summed E-state index contributed by atoms with van der Waals surface area (Å²) in [4.78, 5) is 0. The van der Waals surface area contributed by atoms with Gasteiger partial charge in [0.1, 0.15) is 0 Å². The molecule has 1 N–H and O–H groups in total. The van der Waals surface area contributed by atoms with Crippen LogP contribution in [0.5, 0.6) is 0 Å². The van der Waals surface area contributed by atoms with Crippen molar-refractivity contribution in [3.8, 4) is 0 Å². The van der Waals surface area contributed by atoms with E-state index in [0.29, 0.717) is 11.4 Å². The van der Waals surface area contributed by atoms with Gasteiger partial charge in [0.05, 0.1) is 6.61 Å². The van der Waals surface area contributed by atoms with Gasteiger partial charge in [-0.05, 0) is 33.2 Å². The third-order valence-corrected chi connectivity index (χ3v) is 1.91. The van der Waals surface area contributed by atoms with Crippen LogP contribution in [-0.2, 0) is 4.74 Å². The zero-order valence-electron chi connectivity index (χ0n) is 8.27. The van der Waals surface area contributed by atoms with Crippen molar-refractivity contribution < 1.29 is 4.74 Å². The highest BCUT2D eigenvalue weighted by Gasteiger charge is 2.00. The van der Waals surface area contributed by atoms with Gasteiger partial charge in [0.15, 0.2) is 0 Å². The Bertz CT molecular complexity index is 98.5. The number of hydrogen-bond acceptors (Lipinski definition) is 2. The minimum absolute atomic E-state index is 0.296. The van der Waals surface area contributed by atoms with Crippen molar-refractivity contribution in [2.24, 2.45) is 0 Å². The molecule has 0 rings (SSSR count). The molecule has 0 aliphatic carbocycles. The normalized spacial score (nSPS) is 16.0. The molecule has 0 spiro atoms. The van der Waals surface area contributed by atoms with Crippen molar-refractivity contribution in [1.82, 2.24) is 5.32 Å². The lowest BCUT2D eigenvalue weighted by Crippen LogP contribution is -2.31. The van der Waals surface area contributed by atoms with Crippen molar-refractivity contribution in [3.05, 3.63) is 0 Å². The minimum atomic E-state index is 0.296. The zero-order valence-corrected chi connectivity index (χ0v) is 9.03. The smallest absolute Gasteiger partial charge is 0.0613 e. The van der Waals surface area contributed by atoms with E-state index in [1.54, 1.807) is 7.11 Å². The maximum atomic E-state index is 5.80. The largest absolute Gasteiger partial charge is 0.383 e. The van der Waals surface area contributed by atoms with Gasteiger partial charge in [0.25, 0.3) is 0 Å². The Balaban J connectivity index is 3.08. The van der Waals surface area contributed by atoms with Crippen molar-refractivity contribution in [2.45, 2.75) is 38.1 Å². The van der Waals surface area contributed by atoms with Gasteiger partial charge in [-0.3, -0.25) is 0 Å². The second-order valence-corrected chi connectivity index (χ2v) is 3.98. The predicted molar refractivity (Wildman–Crippen MR) is 53.9 cm³/mol. The number of halogens is 1. The summed E-state index contributed by atoms with van der Waals surface area (Å²) in [5.41, 5.74) is 0. The SMILES string of the molecule is COCC(C)NCCCC(C)Cl. The molecule has 0 aromatic carbocycles. The molecule has 0 saturated heterocycles. The molecule has 0 aliphatic rings. The highest BCUT2D eigenvalue weighted by atomic mass is 35.5. The molecule has 2 unspecified atom stereocenters. The van der Waals surface area contributed by atoms with Crippen LogP contribution in [0, 0.1) is 0 Å². The van der Waals surface area contributed by atoms with E-state index in [2.05, 4.69) is 12.2 Å². The van der Waals surface area contributed by atoms with E-state index in [9.17, 15) is 0 Å². The Kier molecular flexibility index (Phi) is 7.98. The van der Waals surface area contributed by atoms with Gasteiger partial charge >= 0.3 is 0 Å². The molecule has 74 valence electrons. The maximum absolute atomic E-state index is 5.80. The molecule has 0 fully saturated rings. The van der Waals surface area contributed by atoms with Crippen LogP contribution in [-0.4, -0.2) is 31.7 Å². The van der Waals surface area contributed by atoms with E-state index >= 15 is 0 Å². The van der Waals surface area contributed by atoms with Crippen LogP contribution < -0.4 is 5.32 Å². The van der Waals surface area contributed by atoms with Gasteiger partial charge in [0, 0.05) is 18.5 Å². The van der Waals surface area contributed by atoms with Crippen LogP contribution in [0.3, 0.4) is 0 Å². The summed E-state index contributed by atoms with van der Waals surface area (Å²) in [5.74, 6) is 0. The van der Waals surface area contributed by atoms with Gasteiger partial charge in [-0.2, -0.15) is 0 Å². The standard InChI is InChI=1S/C9H20ClNO/c1-8(10)5-4-6-11-9(2)7-12-3/h8-9,11H,4-7H2,1-3H3. The Hall–Kier alpha value is 0.210. The van der Waals surface area contributed by atoms with Gasteiger partial charge in [-0.15, -0.1) is 11.6 Å². The van der Waals surface area contributed by atoms with Gasteiger partial charge < -0.3 is 10.1 Å². The summed E-state index contributed by atoms with van der Waals surface area (Å²) in [7, 11) is 1.72. The Labute approximate surface area is 80.6 Å². The first-order valence-corrected chi connectivity index (χ1v) is 4.97. The summed E-state index contributed by atoms with van der Waals surface area (Å²) in [6, 6.07) is 0.445. The molecular formula is C9H20ClNO. The number of rotatable bonds is 7. The lowest BCUT2D eigenvalue weighted by Gasteiger charge is -2.12. The van der Waals surface area contributed by atoms with Gasteiger partial charge in [-0.25, -0.2) is 0 Å². The van der Waals surface area contributed by atoms with Crippen LogP contribution >= 0.6 is 11.6 Å². The molecule has 0 radical (unpaired) electrons. The third-order valence-electron chi connectivity index (χ3n) is 1.69. The fraction of sp³-hybridized carbons (Fsp3) is 1.00. The van der Waals surface area contributed by atoms with Gasteiger partial charge in [0.2, 0.25) is 0 Å². The van der Waals surface area contributed by atoms with E-state index in [0.717, 1.165) is 26.0 Å². The molecule has 2 nitrogen and oxygen atoms in total. The first kappa shape index (κ1) is 12.2. The van der Waals surface area contributed by atoms with Gasteiger partial charge in [-0.1, -0.05) is 0 Å². The molecule has 0 aromatic rings. The average Bonchev–Trinajstić information content (AvgIpc) is 1.98.